The molecule has 1 unspecified atom stereocenters. The van der Waals surface area contributed by atoms with Crippen LogP contribution in [0.5, 0.6) is 5.75 Å². The van der Waals surface area contributed by atoms with Gasteiger partial charge in [-0.3, -0.25) is 9.69 Å². The number of halogens is 2. The molecule has 3 aromatic rings. The van der Waals surface area contributed by atoms with Crippen molar-refractivity contribution in [2.45, 2.75) is 25.8 Å². The Morgan fingerprint density at radius 1 is 1.30 bits per heavy atom. The van der Waals surface area contributed by atoms with E-state index in [1.807, 2.05) is 13.1 Å². The van der Waals surface area contributed by atoms with Crippen LogP contribution in [-0.4, -0.2) is 60.7 Å². The number of nitrogens with zero attached hydrogens (tertiary/aromatic N) is 3. The van der Waals surface area contributed by atoms with Crippen molar-refractivity contribution >= 4 is 45.6 Å². The van der Waals surface area contributed by atoms with Crippen molar-refractivity contribution in [1.82, 2.24) is 14.9 Å². The fourth-order valence-corrected chi connectivity index (χ4v) is 3.83. The number of rotatable bonds is 12. The first-order valence-electron chi connectivity index (χ1n) is 12.1. The Morgan fingerprint density at radius 2 is 2.11 bits per heavy atom. The quantitative estimate of drug-likeness (QED) is 0.304. The SMILES string of the molecule is COCC(C)N(C)CC=CC(=O)Nc1cc2c(Nc3ccc(F)c(Cl)c3)ncnc2cc1OCC1CC1. The van der Waals surface area contributed by atoms with Crippen LogP contribution in [0.1, 0.15) is 19.8 Å². The smallest absolute Gasteiger partial charge is 0.248 e. The van der Waals surface area contributed by atoms with Gasteiger partial charge < -0.3 is 20.1 Å². The minimum Gasteiger partial charge on any atom is -0.491 e. The van der Waals surface area contributed by atoms with Gasteiger partial charge in [0.05, 0.1) is 29.4 Å². The molecule has 37 heavy (non-hydrogen) atoms. The number of methoxy groups -OCH3 is 1. The lowest BCUT2D eigenvalue weighted by Crippen LogP contribution is -2.32. The number of fused-ring (bicyclic) bond motifs is 1. The second-order valence-electron chi connectivity index (χ2n) is 9.23. The molecular formula is C27H31ClFN5O3. The van der Waals surface area contributed by atoms with Crippen molar-refractivity contribution in [3.05, 3.63) is 59.7 Å². The maximum absolute atomic E-state index is 13.6. The van der Waals surface area contributed by atoms with E-state index < -0.39 is 5.82 Å². The van der Waals surface area contributed by atoms with Crippen molar-refractivity contribution in [3.8, 4) is 5.75 Å². The third-order valence-electron chi connectivity index (χ3n) is 6.17. The molecule has 2 aromatic carbocycles. The van der Waals surface area contributed by atoms with Gasteiger partial charge in [0.2, 0.25) is 5.91 Å². The van der Waals surface area contributed by atoms with Crippen LogP contribution < -0.4 is 15.4 Å². The predicted octanol–water partition coefficient (Wildman–Crippen LogP) is 5.42. The van der Waals surface area contributed by atoms with Gasteiger partial charge in [-0.15, -0.1) is 0 Å². The topological polar surface area (TPSA) is 88.6 Å². The highest BCUT2D eigenvalue weighted by Gasteiger charge is 2.23. The van der Waals surface area contributed by atoms with Crippen LogP contribution in [-0.2, 0) is 9.53 Å². The molecule has 1 fully saturated rings. The van der Waals surface area contributed by atoms with Crippen molar-refractivity contribution in [2.24, 2.45) is 5.92 Å². The van der Waals surface area contributed by atoms with Gasteiger partial charge in [-0.2, -0.15) is 0 Å². The molecule has 2 N–H and O–H groups in total. The molecule has 1 aromatic heterocycles. The molecule has 1 atom stereocenters. The number of amides is 1. The summed E-state index contributed by atoms with van der Waals surface area (Å²) in [6.07, 6.45) is 7.03. The Hall–Kier alpha value is -3.27. The molecule has 0 radical (unpaired) electrons. The summed E-state index contributed by atoms with van der Waals surface area (Å²) in [6, 6.07) is 8.13. The molecule has 1 aliphatic carbocycles. The molecule has 1 amide bonds. The molecule has 0 saturated heterocycles. The summed E-state index contributed by atoms with van der Waals surface area (Å²) < 4.78 is 24.8. The molecule has 1 heterocycles. The van der Waals surface area contributed by atoms with Crippen LogP contribution >= 0.6 is 11.6 Å². The van der Waals surface area contributed by atoms with Crippen molar-refractivity contribution in [1.29, 1.82) is 0 Å². The molecule has 10 heteroatoms. The first-order valence-corrected chi connectivity index (χ1v) is 12.5. The number of likely N-dealkylation sites (N-methyl/N-ethyl adjacent to an activating group) is 1. The van der Waals surface area contributed by atoms with Crippen LogP contribution in [0.4, 0.5) is 21.6 Å². The number of ether oxygens (including phenoxy) is 2. The van der Waals surface area contributed by atoms with Gasteiger partial charge in [0.15, 0.2) is 0 Å². The normalized spacial score (nSPS) is 14.3. The van der Waals surface area contributed by atoms with Crippen molar-refractivity contribution in [3.63, 3.8) is 0 Å². The average Bonchev–Trinajstić information content (AvgIpc) is 3.70. The second kappa shape index (κ2) is 12.3. The Kier molecular flexibility index (Phi) is 8.91. The maximum Gasteiger partial charge on any atom is 0.248 e. The molecular weight excluding hydrogens is 497 g/mol. The monoisotopic (exact) mass is 527 g/mol. The van der Waals surface area contributed by atoms with E-state index in [4.69, 9.17) is 21.1 Å². The van der Waals surface area contributed by atoms with E-state index in [-0.39, 0.29) is 17.0 Å². The van der Waals surface area contributed by atoms with E-state index in [2.05, 4.69) is 32.4 Å². The molecule has 8 nitrogen and oxygen atoms in total. The summed E-state index contributed by atoms with van der Waals surface area (Å²) in [6.45, 7) is 3.85. The fraction of sp³-hybridized carbons (Fsp3) is 0.370. The Bertz CT molecular complexity index is 1280. The molecule has 1 aliphatic rings. The summed E-state index contributed by atoms with van der Waals surface area (Å²) in [4.78, 5) is 23.6. The highest BCUT2D eigenvalue weighted by Crippen LogP contribution is 2.36. The van der Waals surface area contributed by atoms with Crippen LogP contribution in [0, 0.1) is 11.7 Å². The first kappa shape index (κ1) is 26.8. The van der Waals surface area contributed by atoms with Gasteiger partial charge in [-0.05, 0) is 57.0 Å². The highest BCUT2D eigenvalue weighted by molar-refractivity contribution is 6.31. The zero-order valence-electron chi connectivity index (χ0n) is 21.1. The molecule has 1 saturated carbocycles. The number of anilines is 3. The van der Waals surface area contributed by atoms with E-state index in [1.54, 1.807) is 25.3 Å². The van der Waals surface area contributed by atoms with Gasteiger partial charge in [-0.25, -0.2) is 14.4 Å². The second-order valence-corrected chi connectivity index (χ2v) is 9.64. The third-order valence-corrected chi connectivity index (χ3v) is 6.46. The van der Waals surface area contributed by atoms with E-state index in [0.29, 0.717) is 59.5 Å². The summed E-state index contributed by atoms with van der Waals surface area (Å²) >= 11 is 5.93. The van der Waals surface area contributed by atoms with Gasteiger partial charge in [0.1, 0.15) is 23.7 Å². The Balaban J connectivity index is 1.57. The molecule has 196 valence electrons. The van der Waals surface area contributed by atoms with E-state index >= 15 is 0 Å². The third kappa shape index (κ3) is 7.38. The highest BCUT2D eigenvalue weighted by atomic mass is 35.5. The van der Waals surface area contributed by atoms with E-state index in [9.17, 15) is 9.18 Å². The average molecular weight is 528 g/mol. The molecule has 4 rings (SSSR count). The molecule has 0 spiro atoms. The number of hydrogen-bond acceptors (Lipinski definition) is 7. The zero-order chi connectivity index (χ0) is 26.4. The van der Waals surface area contributed by atoms with Crippen LogP contribution in [0.25, 0.3) is 10.9 Å². The summed E-state index contributed by atoms with van der Waals surface area (Å²) in [5.74, 6) is 0.784. The van der Waals surface area contributed by atoms with Gasteiger partial charge in [0.25, 0.3) is 0 Å². The minimum absolute atomic E-state index is 0.00104. The van der Waals surface area contributed by atoms with E-state index in [1.165, 1.54) is 24.5 Å². The maximum atomic E-state index is 13.6. The van der Waals surface area contributed by atoms with Crippen molar-refractivity contribution < 1.29 is 18.7 Å². The Morgan fingerprint density at radius 3 is 2.84 bits per heavy atom. The fourth-order valence-electron chi connectivity index (χ4n) is 3.65. The lowest BCUT2D eigenvalue weighted by atomic mass is 10.1. The van der Waals surface area contributed by atoms with Crippen LogP contribution in [0.2, 0.25) is 5.02 Å². The molecule has 0 bridgehead atoms. The van der Waals surface area contributed by atoms with Crippen LogP contribution in [0.15, 0.2) is 48.8 Å². The Labute approximate surface area is 220 Å². The standard InChI is InChI=1S/C27H31ClFN5O3/c1-17(14-36-3)34(2)10-4-5-26(35)33-24-12-20-23(13-25(24)37-15-18-6-7-18)30-16-31-27(20)32-19-8-9-22(29)21(28)11-19/h4-5,8-9,11-13,16-18H,6-7,10,14-15H2,1-3H3,(H,33,35)(H,30,31,32). The lowest BCUT2D eigenvalue weighted by molar-refractivity contribution is -0.111. The molecule has 0 aliphatic heterocycles. The number of carbonyl (C=O) groups excluding carboxylic acids is 1. The van der Waals surface area contributed by atoms with Gasteiger partial charge >= 0.3 is 0 Å². The van der Waals surface area contributed by atoms with Crippen LogP contribution in [0.3, 0.4) is 0 Å². The number of nitrogens with one attached hydrogen (secondary N) is 2. The predicted molar refractivity (Wildman–Crippen MR) is 144 cm³/mol. The summed E-state index contributed by atoms with van der Waals surface area (Å²) in [7, 11) is 3.64. The summed E-state index contributed by atoms with van der Waals surface area (Å²) in [5, 5.41) is 6.75. The number of benzene rings is 2. The van der Waals surface area contributed by atoms with Gasteiger partial charge in [-0.1, -0.05) is 17.7 Å². The number of hydrogen-bond donors (Lipinski definition) is 2. The van der Waals surface area contributed by atoms with Crippen molar-refractivity contribution in [2.75, 3.05) is 44.5 Å². The van der Waals surface area contributed by atoms with Gasteiger partial charge in [0, 0.05) is 42.9 Å². The minimum atomic E-state index is -0.505. The zero-order valence-corrected chi connectivity index (χ0v) is 21.9. The largest absolute Gasteiger partial charge is 0.491 e. The first-order chi connectivity index (χ1) is 17.8. The lowest BCUT2D eigenvalue weighted by Gasteiger charge is -2.22. The number of aromatic nitrogens is 2. The summed E-state index contributed by atoms with van der Waals surface area (Å²) in [5.41, 5.74) is 1.72. The number of carbonyl (C=O) groups is 1. The van der Waals surface area contributed by atoms with E-state index in [0.717, 1.165) is 12.8 Å².